The van der Waals surface area contributed by atoms with Crippen LogP contribution in [0.2, 0.25) is 0 Å². The molecule has 18 heavy (non-hydrogen) atoms. The lowest BCUT2D eigenvalue weighted by atomic mass is 9.57. The Labute approximate surface area is 113 Å². The second-order valence-corrected chi connectivity index (χ2v) is 5.88. The van der Waals surface area contributed by atoms with Crippen LogP contribution < -0.4 is 0 Å². The molecule has 4 nitrogen and oxygen atoms in total. The normalized spacial score (nSPS) is 23.8. The summed E-state index contributed by atoms with van der Waals surface area (Å²) in [4.78, 5) is 11.7. The van der Waals surface area contributed by atoms with Gasteiger partial charge in [0.25, 0.3) is 0 Å². The first-order valence-corrected chi connectivity index (χ1v) is 6.55. The number of carboxylic acids is 1. The van der Waals surface area contributed by atoms with Gasteiger partial charge < -0.3 is 14.6 Å². The van der Waals surface area contributed by atoms with Gasteiger partial charge in [-0.05, 0) is 17.7 Å². The Morgan fingerprint density at radius 2 is 1.89 bits per heavy atom. The van der Waals surface area contributed by atoms with Gasteiger partial charge in [0.2, 0.25) is 0 Å². The Kier molecular flexibility index (Phi) is 2.73. The van der Waals surface area contributed by atoms with E-state index in [2.05, 4.69) is 15.9 Å². The van der Waals surface area contributed by atoms with Gasteiger partial charge in [0.15, 0.2) is 0 Å². The predicted molar refractivity (Wildman–Crippen MR) is 67.5 cm³/mol. The minimum absolute atomic E-state index is 0.262. The summed E-state index contributed by atoms with van der Waals surface area (Å²) in [5.41, 5.74) is -0.291. The van der Waals surface area contributed by atoms with Gasteiger partial charge >= 0.3 is 5.97 Å². The Morgan fingerprint density at radius 3 is 2.28 bits per heavy atom. The van der Waals surface area contributed by atoms with E-state index in [4.69, 9.17) is 9.47 Å². The summed E-state index contributed by atoms with van der Waals surface area (Å²) in [6.45, 7) is 1.41. The van der Waals surface area contributed by atoms with E-state index in [0.717, 1.165) is 10.0 Å². The summed E-state index contributed by atoms with van der Waals surface area (Å²) in [6.07, 6.45) is 0. The number of carboxylic acid groups (broad SMARTS) is 1. The van der Waals surface area contributed by atoms with Crippen molar-refractivity contribution in [2.24, 2.45) is 5.41 Å². The minimum atomic E-state index is -0.841. The van der Waals surface area contributed by atoms with Crippen LogP contribution in [0.15, 0.2) is 28.7 Å². The van der Waals surface area contributed by atoms with Gasteiger partial charge in [0, 0.05) is 4.47 Å². The fourth-order valence-electron chi connectivity index (χ4n) is 2.72. The Bertz CT molecular complexity index is 492. The van der Waals surface area contributed by atoms with Crippen molar-refractivity contribution >= 4 is 21.9 Å². The Hall–Kier alpha value is -0.910. The van der Waals surface area contributed by atoms with Gasteiger partial charge in [-0.25, -0.2) is 0 Å². The molecule has 1 N–H and O–H groups in total. The van der Waals surface area contributed by atoms with Crippen LogP contribution in [0.3, 0.4) is 0 Å². The highest BCUT2D eigenvalue weighted by atomic mass is 79.9. The summed E-state index contributed by atoms with van der Waals surface area (Å²) in [6, 6.07) is 7.80. The third-order valence-electron chi connectivity index (χ3n) is 4.10. The number of hydrogen-bond acceptors (Lipinski definition) is 3. The predicted octanol–water partition coefficient (Wildman–Crippen LogP) is 1.82. The summed E-state index contributed by atoms with van der Waals surface area (Å²) in [7, 11) is 0. The molecule has 0 radical (unpaired) electrons. The molecule has 2 fully saturated rings. The highest BCUT2D eigenvalue weighted by Gasteiger charge is 2.65. The van der Waals surface area contributed by atoms with Crippen LogP contribution in [0.1, 0.15) is 5.56 Å². The van der Waals surface area contributed by atoms with Crippen LogP contribution in [0.4, 0.5) is 0 Å². The lowest BCUT2D eigenvalue weighted by Crippen LogP contribution is -2.69. The van der Waals surface area contributed by atoms with Gasteiger partial charge in [-0.1, -0.05) is 28.1 Å². The van der Waals surface area contributed by atoms with E-state index in [1.54, 1.807) is 0 Å². The Balaban J connectivity index is 2.07. The largest absolute Gasteiger partial charge is 0.481 e. The molecule has 0 atom stereocenters. The van der Waals surface area contributed by atoms with E-state index in [1.165, 1.54) is 0 Å². The van der Waals surface area contributed by atoms with Gasteiger partial charge in [-0.2, -0.15) is 0 Å². The molecule has 1 aromatic carbocycles. The van der Waals surface area contributed by atoms with Gasteiger partial charge in [-0.15, -0.1) is 0 Å². The second kappa shape index (κ2) is 4.05. The molecule has 0 saturated carbocycles. The van der Waals surface area contributed by atoms with E-state index >= 15 is 0 Å². The summed E-state index contributed by atoms with van der Waals surface area (Å²) >= 11 is 3.43. The Morgan fingerprint density at radius 1 is 1.22 bits per heavy atom. The van der Waals surface area contributed by atoms with Crippen molar-refractivity contribution in [2.45, 2.75) is 5.41 Å². The molecule has 0 bridgehead atoms. The number of rotatable bonds is 3. The highest BCUT2D eigenvalue weighted by molar-refractivity contribution is 9.10. The van der Waals surface area contributed by atoms with Crippen molar-refractivity contribution < 1.29 is 19.4 Å². The lowest BCUT2D eigenvalue weighted by Gasteiger charge is -2.56. The topological polar surface area (TPSA) is 55.8 Å². The summed E-state index contributed by atoms with van der Waals surface area (Å²) in [5.74, 6) is -0.794. The molecule has 2 heterocycles. The lowest BCUT2D eigenvalue weighted by molar-refractivity contribution is -0.236. The number of benzene rings is 1. The average molecular weight is 313 g/mol. The van der Waals surface area contributed by atoms with Crippen molar-refractivity contribution in [2.75, 3.05) is 26.4 Å². The zero-order chi connectivity index (χ0) is 12.8. The van der Waals surface area contributed by atoms with Crippen molar-refractivity contribution in [1.82, 2.24) is 0 Å². The number of ether oxygens (including phenoxy) is 2. The van der Waals surface area contributed by atoms with Crippen molar-refractivity contribution in [3.05, 3.63) is 34.3 Å². The molecule has 3 rings (SSSR count). The van der Waals surface area contributed by atoms with Crippen LogP contribution in [0.25, 0.3) is 0 Å². The van der Waals surface area contributed by atoms with E-state index in [0.29, 0.717) is 13.2 Å². The number of aliphatic carboxylic acids is 1. The zero-order valence-corrected chi connectivity index (χ0v) is 11.3. The molecule has 2 aliphatic heterocycles. The molecule has 1 aromatic rings. The van der Waals surface area contributed by atoms with Crippen molar-refractivity contribution in [1.29, 1.82) is 0 Å². The summed E-state index contributed by atoms with van der Waals surface area (Å²) in [5, 5.41) is 9.57. The number of hydrogen-bond donors (Lipinski definition) is 1. The molecule has 0 aromatic heterocycles. The fourth-order valence-corrected chi connectivity index (χ4v) is 3.12. The van der Waals surface area contributed by atoms with Crippen LogP contribution in [-0.2, 0) is 19.7 Å². The first-order chi connectivity index (χ1) is 8.61. The number of halogens is 1. The number of carbonyl (C=O) groups is 1. The van der Waals surface area contributed by atoms with Crippen LogP contribution >= 0.6 is 15.9 Å². The van der Waals surface area contributed by atoms with Gasteiger partial charge in [-0.3, -0.25) is 4.79 Å². The van der Waals surface area contributed by atoms with E-state index in [-0.39, 0.29) is 13.2 Å². The quantitative estimate of drug-likeness (QED) is 0.925. The molecule has 0 aliphatic carbocycles. The first-order valence-electron chi connectivity index (χ1n) is 5.76. The van der Waals surface area contributed by atoms with Crippen LogP contribution in [-0.4, -0.2) is 37.5 Å². The van der Waals surface area contributed by atoms with Crippen LogP contribution in [0.5, 0.6) is 0 Å². The molecule has 0 spiro atoms. The second-order valence-electron chi connectivity index (χ2n) is 4.97. The minimum Gasteiger partial charge on any atom is -0.481 e. The molecule has 96 valence electrons. The van der Waals surface area contributed by atoms with E-state index in [1.807, 2.05) is 24.3 Å². The van der Waals surface area contributed by atoms with Gasteiger partial charge in [0.05, 0.1) is 31.8 Å². The maximum atomic E-state index is 11.7. The van der Waals surface area contributed by atoms with Crippen molar-refractivity contribution in [3.63, 3.8) is 0 Å². The first kappa shape index (κ1) is 12.1. The van der Waals surface area contributed by atoms with Gasteiger partial charge in [0.1, 0.15) is 5.41 Å². The molecule has 5 heteroatoms. The van der Waals surface area contributed by atoms with Crippen LogP contribution in [0, 0.1) is 5.41 Å². The monoisotopic (exact) mass is 312 g/mol. The van der Waals surface area contributed by atoms with Crippen molar-refractivity contribution in [3.8, 4) is 0 Å². The smallest absolute Gasteiger partial charge is 0.315 e. The molecular formula is C13H13BrO4. The standard InChI is InChI=1S/C13H13BrO4/c14-10-3-1-2-9(4-10)12(5-17-6-12)13(11(15)16)7-18-8-13/h1-4H,5-8H2,(H,15,16). The zero-order valence-electron chi connectivity index (χ0n) is 9.69. The molecule has 2 saturated heterocycles. The fraction of sp³-hybridized carbons (Fsp3) is 0.462. The third kappa shape index (κ3) is 1.41. The molecule has 0 amide bonds. The highest BCUT2D eigenvalue weighted by Crippen LogP contribution is 2.52. The van der Waals surface area contributed by atoms with E-state index in [9.17, 15) is 9.90 Å². The molecular weight excluding hydrogens is 300 g/mol. The third-order valence-corrected chi connectivity index (χ3v) is 4.59. The maximum absolute atomic E-state index is 11.7. The molecule has 2 aliphatic rings. The summed E-state index contributed by atoms with van der Waals surface area (Å²) < 4.78 is 11.5. The SMILES string of the molecule is O=C(O)C1(C2(c3cccc(Br)c3)COC2)COC1. The van der Waals surface area contributed by atoms with E-state index < -0.39 is 16.8 Å². The maximum Gasteiger partial charge on any atom is 0.315 e. The average Bonchev–Trinajstić information content (AvgIpc) is 2.19. The molecule has 0 unspecified atom stereocenters.